The number of hydrogen-bond acceptors (Lipinski definition) is 4. The normalized spacial score (nSPS) is 15.1. The highest BCUT2D eigenvalue weighted by molar-refractivity contribution is 14.1. The molecule has 1 heterocycles. The zero-order chi connectivity index (χ0) is 22.7. The first kappa shape index (κ1) is 22.2. The van der Waals surface area contributed by atoms with Crippen LogP contribution in [0.3, 0.4) is 0 Å². The number of nitrogens with zero attached hydrogens (tertiary/aromatic N) is 1. The van der Waals surface area contributed by atoms with Crippen LogP contribution in [0.2, 0.25) is 0 Å². The number of benzene rings is 3. The van der Waals surface area contributed by atoms with Crippen molar-refractivity contribution in [2.24, 2.45) is 0 Å². The molecule has 1 fully saturated rings. The summed E-state index contributed by atoms with van der Waals surface area (Å²) in [4.78, 5) is 38.9. The molecular weight excluding hydrogens is 587 g/mol. The Labute approximate surface area is 206 Å². The van der Waals surface area contributed by atoms with E-state index in [1.54, 1.807) is 42.5 Å². The fraction of sp³-hybridized carbons (Fsp3) is 0.0417. The molecule has 0 aliphatic carbocycles. The van der Waals surface area contributed by atoms with Gasteiger partial charge in [0.25, 0.3) is 11.8 Å². The van der Waals surface area contributed by atoms with Gasteiger partial charge in [0.05, 0.1) is 5.69 Å². The summed E-state index contributed by atoms with van der Waals surface area (Å²) in [5, 5.41) is 2.23. The van der Waals surface area contributed by atoms with Crippen LogP contribution in [0.5, 0.6) is 5.75 Å². The number of imide groups is 2. The number of amides is 4. The number of urea groups is 1. The van der Waals surface area contributed by atoms with E-state index in [0.717, 1.165) is 18.5 Å². The Morgan fingerprint density at radius 3 is 2.34 bits per heavy atom. The molecule has 32 heavy (non-hydrogen) atoms. The van der Waals surface area contributed by atoms with Crippen molar-refractivity contribution in [2.75, 3.05) is 4.90 Å². The first-order valence-electron chi connectivity index (χ1n) is 9.55. The molecule has 3 aromatic rings. The SMILES string of the molecule is O=C1NC(=O)N(c2ccc(Br)cc2)C(=O)/C1=C/c1ccccc1OCc1ccc(I)cc1. The maximum atomic E-state index is 13.1. The summed E-state index contributed by atoms with van der Waals surface area (Å²) in [6, 6.07) is 20.9. The predicted octanol–water partition coefficient (Wildman–Crippen LogP) is 5.30. The highest BCUT2D eigenvalue weighted by Gasteiger charge is 2.36. The average Bonchev–Trinajstić information content (AvgIpc) is 2.78. The smallest absolute Gasteiger partial charge is 0.335 e. The minimum atomic E-state index is -0.789. The summed E-state index contributed by atoms with van der Waals surface area (Å²) in [6.45, 7) is 0.334. The van der Waals surface area contributed by atoms with Gasteiger partial charge in [-0.1, -0.05) is 46.3 Å². The molecule has 0 atom stereocenters. The van der Waals surface area contributed by atoms with Crippen molar-refractivity contribution < 1.29 is 19.1 Å². The molecule has 3 aromatic carbocycles. The predicted molar refractivity (Wildman–Crippen MR) is 133 cm³/mol. The Hall–Kier alpha value is -2.98. The lowest BCUT2D eigenvalue weighted by molar-refractivity contribution is -0.122. The van der Waals surface area contributed by atoms with Crippen LogP contribution in [0, 0.1) is 3.57 Å². The van der Waals surface area contributed by atoms with Gasteiger partial charge in [-0.15, -0.1) is 0 Å². The lowest BCUT2D eigenvalue weighted by atomic mass is 10.1. The van der Waals surface area contributed by atoms with Gasteiger partial charge in [-0.05, 0) is 76.7 Å². The monoisotopic (exact) mass is 602 g/mol. The van der Waals surface area contributed by atoms with E-state index in [1.165, 1.54) is 6.08 Å². The average molecular weight is 603 g/mol. The molecule has 1 saturated heterocycles. The van der Waals surface area contributed by atoms with Crippen LogP contribution in [0.4, 0.5) is 10.5 Å². The third-order valence-corrected chi connectivity index (χ3v) is 5.96. The number of anilines is 1. The van der Waals surface area contributed by atoms with Gasteiger partial charge in [0, 0.05) is 13.6 Å². The summed E-state index contributed by atoms with van der Waals surface area (Å²) < 4.78 is 7.88. The molecule has 0 spiro atoms. The summed E-state index contributed by atoms with van der Waals surface area (Å²) in [6.07, 6.45) is 1.44. The number of ether oxygens (including phenoxy) is 1. The maximum Gasteiger partial charge on any atom is 0.335 e. The molecule has 6 nitrogen and oxygen atoms in total. The van der Waals surface area contributed by atoms with E-state index in [4.69, 9.17) is 4.74 Å². The number of hydrogen-bond donors (Lipinski definition) is 1. The molecule has 8 heteroatoms. The summed E-state index contributed by atoms with van der Waals surface area (Å²) >= 11 is 5.56. The molecule has 0 bridgehead atoms. The van der Waals surface area contributed by atoms with E-state index in [-0.39, 0.29) is 5.57 Å². The third-order valence-electron chi connectivity index (χ3n) is 4.71. The van der Waals surface area contributed by atoms with Crippen molar-refractivity contribution >= 4 is 68.1 Å². The fourth-order valence-corrected chi connectivity index (χ4v) is 3.73. The highest BCUT2D eigenvalue weighted by atomic mass is 127. The van der Waals surface area contributed by atoms with Crippen LogP contribution < -0.4 is 15.0 Å². The van der Waals surface area contributed by atoms with Gasteiger partial charge in [-0.25, -0.2) is 9.69 Å². The van der Waals surface area contributed by atoms with Crippen molar-refractivity contribution in [3.63, 3.8) is 0 Å². The molecule has 4 rings (SSSR count). The van der Waals surface area contributed by atoms with Gasteiger partial charge < -0.3 is 4.74 Å². The Bertz CT molecular complexity index is 1220. The van der Waals surface area contributed by atoms with Gasteiger partial charge in [0.15, 0.2) is 0 Å². The molecule has 4 amide bonds. The van der Waals surface area contributed by atoms with E-state index < -0.39 is 17.8 Å². The zero-order valence-corrected chi connectivity index (χ0v) is 20.3. The molecule has 0 radical (unpaired) electrons. The van der Waals surface area contributed by atoms with Crippen molar-refractivity contribution in [1.29, 1.82) is 0 Å². The first-order chi connectivity index (χ1) is 15.4. The van der Waals surface area contributed by atoms with Crippen LogP contribution in [-0.2, 0) is 16.2 Å². The second-order valence-corrected chi connectivity index (χ2v) is 9.05. The molecule has 160 valence electrons. The van der Waals surface area contributed by atoms with Gasteiger partial charge >= 0.3 is 6.03 Å². The van der Waals surface area contributed by atoms with Gasteiger partial charge in [-0.3, -0.25) is 14.9 Å². The lowest BCUT2D eigenvalue weighted by Gasteiger charge is -2.26. The Kier molecular flexibility index (Phi) is 6.71. The van der Waals surface area contributed by atoms with Crippen molar-refractivity contribution in [1.82, 2.24) is 5.32 Å². The van der Waals surface area contributed by atoms with Gasteiger partial charge in [0.2, 0.25) is 0 Å². The second kappa shape index (κ2) is 9.66. The number of para-hydroxylation sites is 1. The quantitative estimate of drug-likeness (QED) is 0.244. The van der Waals surface area contributed by atoms with E-state index in [0.29, 0.717) is 23.6 Å². The van der Waals surface area contributed by atoms with Crippen LogP contribution in [0.1, 0.15) is 11.1 Å². The number of halogens is 2. The Morgan fingerprint density at radius 2 is 1.62 bits per heavy atom. The minimum Gasteiger partial charge on any atom is -0.488 e. The molecular formula is C24H16BrIN2O4. The number of carbonyl (C=O) groups is 3. The minimum absolute atomic E-state index is 0.155. The Balaban J connectivity index is 1.62. The Morgan fingerprint density at radius 1 is 0.938 bits per heavy atom. The van der Waals surface area contributed by atoms with Crippen LogP contribution in [-0.4, -0.2) is 17.8 Å². The second-order valence-electron chi connectivity index (χ2n) is 6.89. The van der Waals surface area contributed by atoms with E-state index in [9.17, 15) is 14.4 Å². The van der Waals surface area contributed by atoms with Crippen molar-refractivity contribution in [3.8, 4) is 5.75 Å². The standard InChI is InChI=1S/C24H16BrIN2O4/c25-17-7-11-19(12-8-17)28-23(30)20(22(29)27-24(28)31)13-16-3-1-2-4-21(16)32-14-15-5-9-18(26)10-6-15/h1-13H,14H2,(H,27,29,31)/b20-13+. The van der Waals surface area contributed by atoms with Crippen LogP contribution in [0.25, 0.3) is 6.08 Å². The molecule has 0 unspecified atom stereocenters. The summed E-state index contributed by atoms with van der Waals surface area (Å²) in [5.74, 6) is -0.930. The number of rotatable bonds is 5. The molecule has 0 saturated carbocycles. The summed E-state index contributed by atoms with van der Waals surface area (Å²) in [5.41, 5.74) is 1.75. The number of barbiturate groups is 1. The van der Waals surface area contributed by atoms with E-state index >= 15 is 0 Å². The van der Waals surface area contributed by atoms with E-state index in [1.807, 2.05) is 30.3 Å². The van der Waals surface area contributed by atoms with Crippen LogP contribution in [0.15, 0.2) is 82.8 Å². The molecule has 0 aromatic heterocycles. The maximum absolute atomic E-state index is 13.1. The van der Waals surface area contributed by atoms with Gasteiger partial charge in [0.1, 0.15) is 17.9 Å². The largest absolute Gasteiger partial charge is 0.488 e. The number of nitrogens with one attached hydrogen (secondary N) is 1. The lowest BCUT2D eigenvalue weighted by Crippen LogP contribution is -2.54. The number of carbonyl (C=O) groups excluding carboxylic acids is 3. The van der Waals surface area contributed by atoms with Gasteiger partial charge in [-0.2, -0.15) is 0 Å². The van der Waals surface area contributed by atoms with E-state index in [2.05, 4.69) is 43.8 Å². The molecule has 1 aliphatic rings. The fourth-order valence-electron chi connectivity index (χ4n) is 3.11. The highest BCUT2D eigenvalue weighted by Crippen LogP contribution is 2.27. The molecule has 1 aliphatic heterocycles. The first-order valence-corrected chi connectivity index (χ1v) is 11.4. The van der Waals surface area contributed by atoms with Crippen molar-refractivity contribution in [2.45, 2.75) is 6.61 Å². The third kappa shape index (κ3) is 4.91. The van der Waals surface area contributed by atoms with Crippen molar-refractivity contribution in [3.05, 3.63) is 97.5 Å². The molecule has 1 N–H and O–H groups in total. The van der Waals surface area contributed by atoms with Crippen LogP contribution >= 0.6 is 38.5 Å². The zero-order valence-electron chi connectivity index (χ0n) is 16.5. The topological polar surface area (TPSA) is 75.7 Å². The summed E-state index contributed by atoms with van der Waals surface area (Å²) in [7, 11) is 0.